The lowest BCUT2D eigenvalue weighted by Gasteiger charge is -2.38. The van der Waals surface area contributed by atoms with E-state index in [0.717, 1.165) is 59.5 Å². The van der Waals surface area contributed by atoms with Crippen molar-refractivity contribution in [1.82, 2.24) is 30.1 Å². The summed E-state index contributed by atoms with van der Waals surface area (Å²) in [6, 6.07) is 22.6. The molecular formula is C27H26FN7OS. The Bertz CT molecular complexity index is 1440. The van der Waals surface area contributed by atoms with Gasteiger partial charge in [-0.15, -0.1) is 5.10 Å². The first kappa shape index (κ1) is 23.5. The Morgan fingerprint density at radius 2 is 1.70 bits per heavy atom. The van der Waals surface area contributed by atoms with Gasteiger partial charge in [-0.3, -0.25) is 4.90 Å². The normalized spacial score (nSPS) is 15.2. The van der Waals surface area contributed by atoms with E-state index in [1.165, 1.54) is 16.8 Å². The highest BCUT2D eigenvalue weighted by Gasteiger charge is 2.31. The molecule has 1 aliphatic heterocycles. The molecular weight excluding hydrogens is 489 g/mol. The Hall–Kier alpha value is -3.89. The van der Waals surface area contributed by atoms with Crippen molar-refractivity contribution in [2.24, 2.45) is 0 Å². The third kappa shape index (κ3) is 4.90. The lowest BCUT2D eigenvalue weighted by molar-refractivity contribution is 0.201. The summed E-state index contributed by atoms with van der Waals surface area (Å²) in [6.07, 6.45) is 0. The zero-order valence-electron chi connectivity index (χ0n) is 20.4. The van der Waals surface area contributed by atoms with Crippen LogP contribution in [-0.4, -0.2) is 63.4 Å². The van der Waals surface area contributed by atoms with E-state index in [1.54, 1.807) is 30.6 Å². The summed E-state index contributed by atoms with van der Waals surface area (Å²) < 4.78 is 21.8. The van der Waals surface area contributed by atoms with E-state index < -0.39 is 0 Å². The molecule has 2 aromatic heterocycles. The quantitative estimate of drug-likeness (QED) is 0.318. The fraction of sp³-hybridized carbons (Fsp3) is 0.259. The number of para-hydroxylation sites is 1. The zero-order valence-corrected chi connectivity index (χ0v) is 21.2. The lowest BCUT2D eigenvalue weighted by atomic mass is 10.0. The average Bonchev–Trinajstić information content (AvgIpc) is 3.58. The Labute approximate surface area is 217 Å². The molecule has 1 atom stereocenters. The summed E-state index contributed by atoms with van der Waals surface area (Å²) >= 11 is 1.74. The molecule has 10 heteroatoms. The van der Waals surface area contributed by atoms with E-state index >= 15 is 0 Å². The number of thiazole rings is 1. The molecule has 188 valence electrons. The molecule has 5 aromatic rings. The van der Waals surface area contributed by atoms with Crippen molar-refractivity contribution in [2.75, 3.05) is 38.2 Å². The lowest BCUT2D eigenvalue weighted by Crippen LogP contribution is -2.48. The second-order valence-corrected chi connectivity index (χ2v) is 9.99. The second kappa shape index (κ2) is 10.2. The number of anilines is 1. The van der Waals surface area contributed by atoms with Crippen LogP contribution < -0.4 is 9.64 Å². The van der Waals surface area contributed by atoms with Crippen LogP contribution in [0.2, 0.25) is 0 Å². The number of benzene rings is 3. The van der Waals surface area contributed by atoms with Crippen LogP contribution in [0.4, 0.5) is 9.52 Å². The minimum atomic E-state index is -0.261. The molecule has 0 unspecified atom stereocenters. The number of hydrogen-bond donors (Lipinski definition) is 0. The molecule has 0 radical (unpaired) electrons. The molecule has 8 nitrogen and oxygen atoms in total. The van der Waals surface area contributed by atoms with E-state index in [9.17, 15) is 4.39 Å². The zero-order chi connectivity index (χ0) is 25.2. The van der Waals surface area contributed by atoms with Gasteiger partial charge >= 0.3 is 0 Å². The van der Waals surface area contributed by atoms with Gasteiger partial charge in [-0.25, -0.2) is 14.1 Å². The maximum Gasteiger partial charge on any atom is 0.186 e. The summed E-state index contributed by atoms with van der Waals surface area (Å²) in [5.41, 5.74) is 3.06. The summed E-state index contributed by atoms with van der Waals surface area (Å²) in [5.74, 6) is 1.29. The Balaban J connectivity index is 1.27. The maximum atomic E-state index is 13.4. The molecule has 0 spiro atoms. The predicted octanol–water partition coefficient (Wildman–Crippen LogP) is 4.39. The molecule has 1 saturated heterocycles. The van der Waals surface area contributed by atoms with Crippen LogP contribution in [0.5, 0.6) is 5.75 Å². The maximum absolute atomic E-state index is 13.4. The number of rotatable bonds is 7. The van der Waals surface area contributed by atoms with Gasteiger partial charge in [0.05, 0.1) is 29.9 Å². The second-order valence-electron chi connectivity index (χ2n) is 8.98. The van der Waals surface area contributed by atoms with Crippen LogP contribution in [0.15, 0.2) is 72.8 Å². The monoisotopic (exact) mass is 515 g/mol. The standard InChI is InChI=1S/C27H26FN7OS/c1-36-22-12-8-20(9-13-22)25(26-30-31-32-35(26)18-19-6-10-21(28)11-7-19)33-14-16-34(17-15-33)27-29-23-4-2-3-5-24(23)37-27/h2-13,25H,14-18H2,1H3/t25-/m1/s1. The van der Waals surface area contributed by atoms with Crippen LogP contribution in [0.3, 0.4) is 0 Å². The topological polar surface area (TPSA) is 72.2 Å². The Morgan fingerprint density at radius 3 is 2.43 bits per heavy atom. The van der Waals surface area contributed by atoms with Crippen LogP contribution in [0.25, 0.3) is 10.2 Å². The van der Waals surface area contributed by atoms with E-state index in [2.05, 4.69) is 55.7 Å². The highest BCUT2D eigenvalue weighted by Crippen LogP contribution is 2.33. The summed E-state index contributed by atoms with van der Waals surface area (Å²) in [7, 11) is 1.66. The number of piperazine rings is 1. The minimum absolute atomic E-state index is 0.140. The van der Waals surface area contributed by atoms with Crippen molar-refractivity contribution in [1.29, 1.82) is 0 Å². The summed E-state index contributed by atoms with van der Waals surface area (Å²) in [5, 5.41) is 13.8. The number of hydrogen-bond acceptors (Lipinski definition) is 8. The van der Waals surface area contributed by atoms with E-state index in [4.69, 9.17) is 9.72 Å². The number of methoxy groups -OCH3 is 1. The van der Waals surface area contributed by atoms with Gasteiger partial charge in [-0.2, -0.15) is 0 Å². The van der Waals surface area contributed by atoms with Gasteiger partial charge in [0.2, 0.25) is 0 Å². The number of halogens is 1. The highest BCUT2D eigenvalue weighted by atomic mass is 32.1. The number of fused-ring (bicyclic) bond motifs is 1. The predicted molar refractivity (Wildman–Crippen MR) is 142 cm³/mol. The van der Waals surface area contributed by atoms with Crippen molar-refractivity contribution in [3.05, 3.63) is 95.6 Å². The van der Waals surface area contributed by atoms with Crippen LogP contribution >= 0.6 is 11.3 Å². The fourth-order valence-electron chi connectivity index (χ4n) is 4.76. The van der Waals surface area contributed by atoms with Gasteiger partial charge in [0.15, 0.2) is 11.0 Å². The Kier molecular flexibility index (Phi) is 6.50. The third-order valence-electron chi connectivity index (χ3n) is 6.71. The van der Waals surface area contributed by atoms with Crippen molar-refractivity contribution in [3.8, 4) is 5.75 Å². The third-order valence-corrected chi connectivity index (χ3v) is 7.81. The first-order chi connectivity index (χ1) is 18.2. The molecule has 1 aliphatic rings. The van der Waals surface area contributed by atoms with E-state index in [1.807, 2.05) is 22.9 Å². The smallest absolute Gasteiger partial charge is 0.186 e. The van der Waals surface area contributed by atoms with Gasteiger partial charge in [0.1, 0.15) is 11.6 Å². The summed E-state index contributed by atoms with van der Waals surface area (Å²) in [6.45, 7) is 3.82. The van der Waals surface area contributed by atoms with Gasteiger partial charge in [-0.05, 0) is 58.0 Å². The molecule has 0 N–H and O–H groups in total. The number of nitrogens with zero attached hydrogens (tertiary/aromatic N) is 7. The molecule has 0 bridgehead atoms. The molecule has 6 rings (SSSR count). The van der Waals surface area contributed by atoms with E-state index in [0.29, 0.717) is 6.54 Å². The molecule has 0 saturated carbocycles. The fourth-order valence-corrected chi connectivity index (χ4v) is 5.78. The Morgan fingerprint density at radius 1 is 0.946 bits per heavy atom. The van der Waals surface area contributed by atoms with Crippen molar-refractivity contribution < 1.29 is 9.13 Å². The molecule has 1 fully saturated rings. The molecule has 0 amide bonds. The minimum Gasteiger partial charge on any atom is -0.497 e. The first-order valence-corrected chi connectivity index (χ1v) is 13.0. The van der Waals surface area contributed by atoms with Gasteiger partial charge < -0.3 is 9.64 Å². The first-order valence-electron chi connectivity index (χ1n) is 12.2. The van der Waals surface area contributed by atoms with Gasteiger partial charge in [0.25, 0.3) is 0 Å². The van der Waals surface area contributed by atoms with Gasteiger partial charge in [0, 0.05) is 26.2 Å². The van der Waals surface area contributed by atoms with E-state index in [-0.39, 0.29) is 11.9 Å². The van der Waals surface area contributed by atoms with Gasteiger partial charge in [-0.1, -0.05) is 47.7 Å². The highest BCUT2D eigenvalue weighted by molar-refractivity contribution is 7.22. The molecule has 3 aromatic carbocycles. The van der Waals surface area contributed by atoms with Crippen molar-refractivity contribution in [3.63, 3.8) is 0 Å². The molecule has 0 aliphatic carbocycles. The largest absolute Gasteiger partial charge is 0.497 e. The number of tetrazole rings is 1. The van der Waals surface area contributed by atoms with Crippen LogP contribution in [-0.2, 0) is 6.54 Å². The average molecular weight is 516 g/mol. The van der Waals surface area contributed by atoms with Crippen LogP contribution in [0, 0.1) is 5.82 Å². The van der Waals surface area contributed by atoms with Crippen LogP contribution in [0.1, 0.15) is 23.0 Å². The van der Waals surface area contributed by atoms with Crippen molar-refractivity contribution in [2.45, 2.75) is 12.6 Å². The van der Waals surface area contributed by atoms with Crippen molar-refractivity contribution >= 4 is 26.7 Å². The molecule has 37 heavy (non-hydrogen) atoms. The number of aromatic nitrogens is 5. The number of ether oxygens (including phenoxy) is 1. The molecule has 3 heterocycles. The summed E-state index contributed by atoms with van der Waals surface area (Å²) in [4.78, 5) is 9.62. The SMILES string of the molecule is COc1ccc([C@H](c2nnnn2Cc2ccc(F)cc2)N2CCN(c3nc4ccccc4s3)CC2)cc1.